The van der Waals surface area contributed by atoms with Gasteiger partial charge in [-0.25, -0.2) is 9.78 Å². The third kappa shape index (κ3) is 2.30. The molecular formula is C10H10FNO3. The summed E-state index contributed by atoms with van der Waals surface area (Å²) in [5.41, 5.74) is -0.135. The largest absolute Gasteiger partial charge is 0.456 e. The van der Waals surface area contributed by atoms with Crippen molar-refractivity contribution in [2.45, 2.75) is 12.5 Å². The van der Waals surface area contributed by atoms with Crippen molar-refractivity contribution in [2.24, 2.45) is 0 Å². The van der Waals surface area contributed by atoms with Crippen LogP contribution in [0.5, 0.6) is 0 Å². The quantitative estimate of drug-likeness (QED) is 0.544. The second-order valence-electron chi connectivity index (χ2n) is 3.23. The Labute approximate surface area is 86.0 Å². The predicted octanol–water partition coefficient (Wildman–Crippen LogP) is 1.17. The minimum Gasteiger partial charge on any atom is -0.456 e. The average molecular weight is 211 g/mol. The van der Waals surface area contributed by atoms with Crippen molar-refractivity contribution < 1.29 is 18.7 Å². The SMILES string of the molecule is O=C(OC1CCOC1)c1cccnc1F. The maximum absolute atomic E-state index is 13.1. The molecule has 0 bridgehead atoms. The van der Waals surface area contributed by atoms with Crippen LogP contribution in [-0.4, -0.2) is 30.3 Å². The lowest BCUT2D eigenvalue weighted by atomic mass is 10.2. The summed E-state index contributed by atoms with van der Waals surface area (Å²) in [4.78, 5) is 14.8. The molecule has 4 nitrogen and oxygen atoms in total. The molecule has 1 aliphatic rings. The Morgan fingerprint density at radius 1 is 1.67 bits per heavy atom. The van der Waals surface area contributed by atoms with Crippen LogP contribution in [0.3, 0.4) is 0 Å². The molecule has 5 heteroatoms. The third-order valence-corrected chi connectivity index (χ3v) is 2.14. The maximum Gasteiger partial charge on any atom is 0.343 e. The minimum absolute atomic E-state index is 0.135. The molecule has 0 aliphatic carbocycles. The van der Waals surface area contributed by atoms with E-state index in [9.17, 15) is 9.18 Å². The van der Waals surface area contributed by atoms with E-state index in [1.54, 1.807) is 0 Å². The van der Waals surface area contributed by atoms with Gasteiger partial charge in [-0.1, -0.05) is 0 Å². The molecule has 1 atom stereocenters. The first-order chi connectivity index (χ1) is 7.27. The molecule has 2 rings (SSSR count). The van der Waals surface area contributed by atoms with Crippen LogP contribution in [0.4, 0.5) is 4.39 Å². The van der Waals surface area contributed by atoms with Gasteiger partial charge >= 0.3 is 5.97 Å². The molecule has 2 heterocycles. The topological polar surface area (TPSA) is 48.4 Å². The van der Waals surface area contributed by atoms with Crippen LogP contribution in [0.15, 0.2) is 18.3 Å². The van der Waals surface area contributed by atoms with Crippen molar-refractivity contribution in [3.63, 3.8) is 0 Å². The van der Waals surface area contributed by atoms with Gasteiger partial charge in [-0.15, -0.1) is 0 Å². The van der Waals surface area contributed by atoms with Crippen LogP contribution in [0, 0.1) is 5.95 Å². The highest BCUT2D eigenvalue weighted by Crippen LogP contribution is 2.12. The summed E-state index contributed by atoms with van der Waals surface area (Å²) in [6.45, 7) is 0.959. The van der Waals surface area contributed by atoms with Crippen LogP contribution < -0.4 is 0 Å². The first-order valence-electron chi connectivity index (χ1n) is 4.66. The number of aromatic nitrogens is 1. The molecule has 0 N–H and O–H groups in total. The van der Waals surface area contributed by atoms with E-state index < -0.39 is 11.9 Å². The molecule has 80 valence electrons. The Morgan fingerprint density at radius 2 is 2.53 bits per heavy atom. The highest BCUT2D eigenvalue weighted by molar-refractivity contribution is 5.89. The lowest BCUT2D eigenvalue weighted by Crippen LogP contribution is -2.19. The molecule has 0 amide bonds. The number of nitrogens with zero attached hydrogens (tertiary/aromatic N) is 1. The zero-order valence-electron chi connectivity index (χ0n) is 7.98. The Balaban J connectivity index is 2.04. The summed E-state index contributed by atoms with van der Waals surface area (Å²) in [6.07, 6.45) is 1.68. The van der Waals surface area contributed by atoms with Crippen LogP contribution in [-0.2, 0) is 9.47 Å². The van der Waals surface area contributed by atoms with E-state index in [-0.39, 0.29) is 11.7 Å². The number of ether oxygens (including phenoxy) is 2. The lowest BCUT2D eigenvalue weighted by molar-refractivity contribution is 0.0264. The number of rotatable bonds is 2. The summed E-state index contributed by atoms with van der Waals surface area (Å²) in [7, 11) is 0. The number of hydrogen-bond acceptors (Lipinski definition) is 4. The van der Waals surface area contributed by atoms with Gasteiger partial charge in [0.2, 0.25) is 5.95 Å². The molecule has 1 saturated heterocycles. The summed E-state index contributed by atoms with van der Waals surface area (Å²) in [6, 6.07) is 2.84. The van der Waals surface area contributed by atoms with Crippen molar-refractivity contribution in [3.05, 3.63) is 29.8 Å². The molecule has 1 fully saturated rings. The maximum atomic E-state index is 13.1. The molecule has 1 aromatic heterocycles. The van der Waals surface area contributed by atoms with Gasteiger partial charge in [0.05, 0.1) is 13.2 Å². The molecular weight excluding hydrogens is 201 g/mol. The van der Waals surface area contributed by atoms with Gasteiger partial charge in [0.25, 0.3) is 0 Å². The average Bonchev–Trinajstić information content (AvgIpc) is 2.71. The standard InChI is InChI=1S/C10H10FNO3/c11-9-8(2-1-4-12-9)10(13)15-7-3-5-14-6-7/h1-2,4,7H,3,5-6H2. The first kappa shape index (κ1) is 10.0. The van der Waals surface area contributed by atoms with Gasteiger partial charge in [-0.3, -0.25) is 0 Å². The molecule has 0 aromatic carbocycles. The fraction of sp³-hybridized carbons (Fsp3) is 0.400. The monoisotopic (exact) mass is 211 g/mol. The van der Waals surface area contributed by atoms with E-state index in [0.29, 0.717) is 19.6 Å². The normalized spacial score (nSPS) is 20.2. The molecule has 1 aliphatic heterocycles. The van der Waals surface area contributed by atoms with Gasteiger partial charge in [-0.05, 0) is 12.1 Å². The second kappa shape index (κ2) is 4.35. The van der Waals surface area contributed by atoms with Gasteiger partial charge in [-0.2, -0.15) is 4.39 Å². The number of pyridine rings is 1. The van der Waals surface area contributed by atoms with E-state index >= 15 is 0 Å². The number of esters is 1. The highest BCUT2D eigenvalue weighted by atomic mass is 19.1. The van der Waals surface area contributed by atoms with Gasteiger partial charge in [0, 0.05) is 12.6 Å². The Bertz CT molecular complexity index is 363. The van der Waals surface area contributed by atoms with E-state index in [2.05, 4.69) is 4.98 Å². The Morgan fingerprint density at radius 3 is 3.20 bits per heavy atom. The van der Waals surface area contributed by atoms with E-state index in [0.717, 1.165) is 0 Å². The van der Waals surface area contributed by atoms with Gasteiger partial charge < -0.3 is 9.47 Å². The number of carbonyl (C=O) groups is 1. The van der Waals surface area contributed by atoms with Crippen LogP contribution in [0.25, 0.3) is 0 Å². The minimum atomic E-state index is -0.804. The fourth-order valence-corrected chi connectivity index (χ4v) is 1.36. The van der Waals surface area contributed by atoms with Crippen molar-refractivity contribution in [2.75, 3.05) is 13.2 Å². The van der Waals surface area contributed by atoms with Crippen molar-refractivity contribution in [3.8, 4) is 0 Å². The zero-order chi connectivity index (χ0) is 10.7. The zero-order valence-corrected chi connectivity index (χ0v) is 7.98. The first-order valence-corrected chi connectivity index (χ1v) is 4.66. The van der Waals surface area contributed by atoms with E-state index in [1.807, 2.05) is 0 Å². The van der Waals surface area contributed by atoms with Crippen LogP contribution >= 0.6 is 0 Å². The lowest BCUT2D eigenvalue weighted by Gasteiger charge is -2.09. The number of carbonyl (C=O) groups excluding carboxylic acids is 1. The molecule has 0 radical (unpaired) electrons. The number of halogens is 1. The molecule has 15 heavy (non-hydrogen) atoms. The van der Waals surface area contributed by atoms with Crippen molar-refractivity contribution >= 4 is 5.97 Å². The van der Waals surface area contributed by atoms with Crippen molar-refractivity contribution in [1.82, 2.24) is 4.98 Å². The molecule has 1 aromatic rings. The Hall–Kier alpha value is -1.49. The molecule has 1 unspecified atom stereocenters. The summed E-state index contributed by atoms with van der Waals surface area (Å²) < 4.78 is 23.1. The number of hydrogen-bond donors (Lipinski definition) is 0. The smallest absolute Gasteiger partial charge is 0.343 e. The van der Waals surface area contributed by atoms with Gasteiger partial charge in [0.1, 0.15) is 11.7 Å². The molecule has 0 saturated carbocycles. The summed E-state index contributed by atoms with van der Waals surface area (Å²) in [5.74, 6) is -1.49. The Kier molecular flexibility index (Phi) is 2.91. The second-order valence-corrected chi connectivity index (χ2v) is 3.23. The van der Waals surface area contributed by atoms with Crippen molar-refractivity contribution in [1.29, 1.82) is 0 Å². The van der Waals surface area contributed by atoms with Gasteiger partial charge in [0.15, 0.2) is 0 Å². The third-order valence-electron chi connectivity index (χ3n) is 2.14. The summed E-state index contributed by atoms with van der Waals surface area (Å²) in [5, 5.41) is 0. The van der Waals surface area contributed by atoms with E-state index in [1.165, 1.54) is 18.3 Å². The van der Waals surface area contributed by atoms with Crippen LogP contribution in [0.1, 0.15) is 16.8 Å². The predicted molar refractivity (Wildman–Crippen MR) is 48.8 cm³/mol. The van der Waals surface area contributed by atoms with E-state index in [4.69, 9.17) is 9.47 Å². The fourth-order valence-electron chi connectivity index (χ4n) is 1.36. The van der Waals surface area contributed by atoms with Crippen LogP contribution in [0.2, 0.25) is 0 Å². The molecule has 0 spiro atoms. The summed E-state index contributed by atoms with van der Waals surface area (Å²) >= 11 is 0. The highest BCUT2D eigenvalue weighted by Gasteiger charge is 2.22.